The maximum atomic E-state index is 11.8. The Morgan fingerprint density at radius 2 is 2.15 bits per heavy atom. The average molecular weight is 379 g/mol. The first-order valence-electron chi connectivity index (χ1n) is 9.71. The lowest BCUT2D eigenvalue weighted by molar-refractivity contribution is 0.599. The van der Waals surface area contributed by atoms with E-state index < -0.39 is 9.84 Å². The molecule has 26 heavy (non-hydrogen) atoms. The highest BCUT2D eigenvalue weighted by atomic mass is 32.2. The molecule has 3 rings (SSSR count). The number of hydrogen-bond donors (Lipinski definition) is 1. The zero-order valence-corrected chi connectivity index (χ0v) is 16.7. The van der Waals surface area contributed by atoms with Crippen LogP contribution in [-0.2, 0) is 9.84 Å². The molecule has 2 aliphatic rings. The molecule has 6 nitrogen and oxygen atoms in total. The smallest absolute Gasteiger partial charge is 0.152 e. The highest BCUT2D eigenvalue weighted by Crippen LogP contribution is 2.25. The lowest BCUT2D eigenvalue weighted by Gasteiger charge is -2.28. The minimum atomic E-state index is -2.91. The summed E-state index contributed by atoms with van der Waals surface area (Å²) in [4.78, 5) is 11.2. The number of sulfone groups is 1. The van der Waals surface area contributed by atoms with Gasteiger partial charge >= 0.3 is 0 Å². The van der Waals surface area contributed by atoms with Crippen molar-refractivity contribution in [1.82, 2.24) is 9.97 Å². The summed E-state index contributed by atoms with van der Waals surface area (Å²) >= 11 is 0. The second kappa shape index (κ2) is 8.37. The Labute approximate surface area is 157 Å². The molecule has 1 atom stereocenters. The van der Waals surface area contributed by atoms with Gasteiger partial charge < -0.3 is 10.2 Å². The molecule has 0 amide bonds. The number of nitrogens with one attached hydrogen (secondary N) is 1. The third-order valence-corrected chi connectivity index (χ3v) is 7.00. The van der Waals surface area contributed by atoms with Gasteiger partial charge in [0.05, 0.1) is 11.5 Å². The molecule has 144 valence electrons. The molecule has 1 unspecified atom stereocenters. The monoisotopic (exact) mass is 378 g/mol. The summed E-state index contributed by atoms with van der Waals surface area (Å²) in [6, 6.07) is 1.97. The highest BCUT2D eigenvalue weighted by molar-refractivity contribution is 7.91. The molecule has 0 aromatic carbocycles. The van der Waals surface area contributed by atoms with Crippen LogP contribution in [0, 0.1) is 6.92 Å². The second-order valence-electron chi connectivity index (χ2n) is 7.29. The van der Waals surface area contributed by atoms with Gasteiger partial charge in [0.25, 0.3) is 0 Å². The Kier molecular flexibility index (Phi) is 6.16. The van der Waals surface area contributed by atoms with E-state index in [1.165, 1.54) is 25.7 Å². The predicted octanol–water partition coefficient (Wildman–Crippen LogP) is 3.10. The van der Waals surface area contributed by atoms with Crippen molar-refractivity contribution in [2.24, 2.45) is 0 Å². The van der Waals surface area contributed by atoms with Crippen molar-refractivity contribution in [3.8, 4) is 0 Å². The van der Waals surface area contributed by atoms with Crippen LogP contribution in [0.1, 0.15) is 51.3 Å². The van der Waals surface area contributed by atoms with Gasteiger partial charge in [-0.15, -0.1) is 0 Å². The first kappa shape index (κ1) is 19.1. The minimum absolute atomic E-state index is 0.0135. The first-order valence-corrected chi connectivity index (χ1v) is 11.5. The van der Waals surface area contributed by atoms with Crippen molar-refractivity contribution in [2.45, 2.75) is 58.4 Å². The summed E-state index contributed by atoms with van der Waals surface area (Å²) in [7, 11) is -2.91. The minimum Gasteiger partial charge on any atom is -0.370 e. The lowest BCUT2D eigenvalue weighted by atomic mass is 9.97. The molecule has 1 aromatic heterocycles. The van der Waals surface area contributed by atoms with Gasteiger partial charge in [-0.3, -0.25) is 0 Å². The van der Waals surface area contributed by atoms with E-state index in [0.29, 0.717) is 12.2 Å². The Morgan fingerprint density at radius 1 is 1.31 bits per heavy atom. The highest BCUT2D eigenvalue weighted by Gasteiger charge is 2.32. The van der Waals surface area contributed by atoms with Gasteiger partial charge in [-0.25, -0.2) is 18.4 Å². The average Bonchev–Trinajstić information content (AvgIpc) is 2.96. The van der Waals surface area contributed by atoms with Gasteiger partial charge in [0.15, 0.2) is 9.84 Å². The Balaban J connectivity index is 1.67. The molecule has 1 N–H and O–H groups in total. The molecule has 1 aliphatic carbocycles. The van der Waals surface area contributed by atoms with Crippen molar-refractivity contribution in [3.63, 3.8) is 0 Å². The summed E-state index contributed by atoms with van der Waals surface area (Å²) in [5.74, 6) is 2.85. The van der Waals surface area contributed by atoms with Crippen LogP contribution in [-0.4, -0.2) is 49.0 Å². The van der Waals surface area contributed by atoms with E-state index in [-0.39, 0.29) is 17.5 Å². The van der Waals surface area contributed by atoms with E-state index in [2.05, 4.69) is 26.3 Å². The molecule has 7 heteroatoms. The van der Waals surface area contributed by atoms with Gasteiger partial charge in [0.2, 0.25) is 0 Å². The zero-order valence-electron chi connectivity index (χ0n) is 15.9. The van der Waals surface area contributed by atoms with Crippen LogP contribution in [0.4, 0.5) is 11.6 Å². The van der Waals surface area contributed by atoms with Crippen molar-refractivity contribution < 1.29 is 8.42 Å². The summed E-state index contributed by atoms with van der Waals surface area (Å²) in [6.07, 6.45) is 9.15. The van der Waals surface area contributed by atoms with Crippen molar-refractivity contribution in [2.75, 3.05) is 34.8 Å². The van der Waals surface area contributed by atoms with Crippen molar-refractivity contribution in [1.29, 1.82) is 0 Å². The second-order valence-corrected chi connectivity index (χ2v) is 9.52. The van der Waals surface area contributed by atoms with Gasteiger partial charge in [-0.1, -0.05) is 11.6 Å². The third-order valence-electron chi connectivity index (χ3n) is 5.25. The lowest BCUT2D eigenvalue weighted by Crippen LogP contribution is -2.37. The largest absolute Gasteiger partial charge is 0.370 e. The Morgan fingerprint density at radius 3 is 2.81 bits per heavy atom. The standard InChI is InChI=1S/C19H30N4O2S/c1-3-23(17-10-12-26(24,25)14-17)19-13-18(21-15(2)22-19)20-11-9-16-7-5-4-6-8-16/h7,13,17H,3-6,8-12,14H2,1-2H3,(H,20,21,22). The number of aryl methyl sites for hydroxylation is 1. The zero-order chi connectivity index (χ0) is 18.6. The Bertz CT molecular complexity index is 761. The SMILES string of the molecule is CCN(c1cc(NCCC2=CCCCC2)nc(C)n1)C1CCS(=O)(=O)C1. The van der Waals surface area contributed by atoms with Crippen molar-refractivity contribution >= 4 is 21.5 Å². The fraction of sp³-hybridized carbons (Fsp3) is 0.684. The molecule has 1 saturated heterocycles. The molecule has 0 radical (unpaired) electrons. The Hall–Kier alpha value is -1.63. The van der Waals surface area contributed by atoms with E-state index in [9.17, 15) is 8.42 Å². The number of allylic oxidation sites excluding steroid dienone is 1. The molecule has 0 spiro atoms. The van der Waals surface area contributed by atoms with E-state index >= 15 is 0 Å². The molecule has 0 saturated carbocycles. The maximum absolute atomic E-state index is 11.8. The van der Waals surface area contributed by atoms with Gasteiger partial charge in [0.1, 0.15) is 17.5 Å². The fourth-order valence-corrected chi connectivity index (χ4v) is 5.63. The summed E-state index contributed by atoms with van der Waals surface area (Å²) < 4.78 is 23.7. The number of aromatic nitrogens is 2. The van der Waals surface area contributed by atoms with Crippen LogP contribution in [0.5, 0.6) is 0 Å². The normalized spacial score (nSPS) is 22.1. The first-order chi connectivity index (χ1) is 12.5. The number of rotatable bonds is 7. The summed E-state index contributed by atoms with van der Waals surface area (Å²) in [5, 5.41) is 3.42. The molecule has 2 heterocycles. The molecular weight excluding hydrogens is 348 g/mol. The van der Waals surface area contributed by atoms with Crippen molar-refractivity contribution in [3.05, 3.63) is 23.5 Å². The van der Waals surface area contributed by atoms with Crippen LogP contribution < -0.4 is 10.2 Å². The maximum Gasteiger partial charge on any atom is 0.152 e. The predicted molar refractivity (Wildman–Crippen MR) is 107 cm³/mol. The number of hydrogen-bond acceptors (Lipinski definition) is 6. The van der Waals surface area contributed by atoms with Gasteiger partial charge in [0, 0.05) is 25.2 Å². The summed E-state index contributed by atoms with van der Waals surface area (Å²) in [5.41, 5.74) is 1.54. The molecule has 1 aliphatic heterocycles. The molecule has 1 fully saturated rings. The fourth-order valence-electron chi connectivity index (χ4n) is 3.90. The number of nitrogens with zero attached hydrogens (tertiary/aromatic N) is 3. The summed E-state index contributed by atoms with van der Waals surface area (Å²) in [6.45, 7) is 5.54. The molecular formula is C19H30N4O2S. The van der Waals surface area contributed by atoms with Gasteiger partial charge in [-0.05, 0) is 52.4 Å². The van der Waals surface area contributed by atoms with E-state index in [1.54, 1.807) is 5.57 Å². The van der Waals surface area contributed by atoms with Crippen LogP contribution in [0.15, 0.2) is 17.7 Å². The van der Waals surface area contributed by atoms with E-state index in [0.717, 1.165) is 31.1 Å². The third kappa shape index (κ3) is 4.96. The molecule has 1 aromatic rings. The number of anilines is 2. The van der Waals surface area contributed by atoms with Crippen LogP contribution in [0.25, 0.3) is 0 Å². The van der Waals surface area contributed by atoms with E-state index in [1.807, 2.05) is 19.9 Å². The molecule has 0 bridgehead atoms. The van der Waals surface area contributed by atoms with Crippen LogP contribution >= 0.6 is 0 Å². The van der Waals surface area contributed by atoms with Crippen LogP contribution in [0.2, 0.25) is 0 Å². The topological polar surface area (TPSA) is 75.2 Å². The quantitative estimate of drug-likeness (QED) is 0.735. The van der Waals surface area contributed by atoms with Crippen LogP contribution in [0.3, 0.4) is 0 Å². The van der Waals surface area contributed by atoms with Gasteiger partial charge in [-0.2, -0.15) is 0 Å². The van der Waals surface area contributed by atoms with E-state index in [4.69, 9.17) is 0 Å².